The van der Waals surface area contributed by atoms with Crippen LogP contribution in [0, 0.1) is 0 Å². The smallest absolute Gasteiger partial charge is 0.257 e. The van der Waals surface area contributed by atoms with Gasteiger partial charge >= 0.3 is 0 Å². The third-order valence-corrected chi connectivity index (χ3v) is 2.99. The molecule has 0 unspecified atom stereocenters. The van der Waals surface area contributed by atoms with Crippen molar-refractivity contribution in [3.05, 3.63) is 23.8 Å². The second-order valence-corrected chi connectivity index (χ2v) is 4.19. The van der Waals surface area contributed by atoms with E-state index in [9.17, 15) is 4.79 Å². The van der Waals surface area contributed by atoms with E-state index in [-0.39, 0.29) is 5.91 Å². The summed E-state index contributed by atoms with van der Waals surface area (Å²) in [4.78, 5) is 14.2. The summed E-state index contributed by atoms with van der Waals surface area (Å²) in [5.74, 6) is 0.400. The molecule has 0 spiro atoms. The van der Waals surface area contributed by atoms with E-state index >= 15 is 0 Å². The second kappa shape index (κ2) is 5.73. The van der Waals surface area contributed by atoms with Crippen LogP contribution in [0.2, 0.25) is 0 Å². The molecule has 5 heteroatoms. The molecule has 1 saturated heterocycles. The number of ether oxygens (including phenoxy) is 2. The van der Waals surface area contributed by atoms with Crippen molar-refractivity contribution in [2.75, 3.05) is 39.1 Å². The number of nitrogens with two attached hydrogens (primary N) is 1. The van der Waals surface area contributed by atoms with Gasteiger partial charge in [0, 0.05) is 19.7 Å². The standard InChI is InChI=1S/C13H18N2O3/c1-17-12-10(4-2-5-11(12)14)13(16)15-6-3-8-18-9-7-15/h2,4-5H,3,6-9,14H2,1H3. The molecule has 0 radical (unpaired) electrons. The number of nitrogens with zero attached hydrogens (tertiary/aromatic N) is 1. The Labute approximate surface area is 106 Å². The Morgan fingerprint density at radius 1 is 1.39 bits per heavy atom. The number of hydrogen-bond donors (Lipinski definition) is 1. The highest BCUT2D eigenvalue weighted by molar-refractivity contribution is 5.98. The maximum Gasteiger partial charge on any atom is 0.257 e. The molecule has 1 amide bonds. The van der Waals surface area contributed by atoms with Gasteiger partial charge in [0.1, 0.15) is 0 Å². The van der Waals surface area contributed by atoms with E-state index in [2.05, 4.69) is 0 Å². The van der Waals surface area contributed by atoms with Gasteiger partial charge in [0.05, 0.1) is 25.0 Å². The van der Waals surface area contributed by atoms with Crippen LogP contribution in [0.15, 0.2) is 18.2 Å². The van der Waals surface area contributed by atoms with Gasteiger partial charge in [-0.25, -0.2) is 0 Å². The lowest BCUT2D eigenvalue weighted by atomic mass is 10.1. The molecule has 1 aromatic rings. The summed E-state index contributed by atoms with van der Waals surface area (Å²) in [5.41, 5.74) is 6.80. The van der Waals surface area contributed by atoms with Gasteiger partial charge in [0.25, 0.3) is 5.91 Å². The fourth-order valence-electron chi connectivity index (χ4n) is 2.07. The minimum absolute atomic E-state index is 0.0512. The Hall–Kier alpha value is -1.75. The SMILES string of the molecule is COc1c(N)cccc1C(=O)N1CCCOCC1. The highest BCUT2D eigenvalue weighted by Gasteiger charge is 2.21. The van der Waals surface area contributed by atoms with Gasteiger partial charge in [-0.1, -0.05) is 6.07 Å². The molecule has 1 aromatic carbocycles. The number of nitrogen functional groups attached to an aromatic ring is 1. The van der Waals surface area contributed by atoms with Crippen molar-refractivity contribution in [2.24, 2.45) is 0 Å². The molecule has 0 bridgehead atoms. The normalized spacial score (nSPS) is 16.2. The number of carbonyl (C=O) groups excluding carboxylic acids is 1. The van der Waals surface area contributed by atoms with Gasteiger partial charge in [-0.2, -0.15) is 0 Å². The third kappa shape index (κ3) is 2.56. The molecule has 1 aliphatic rings. The van der Waals surface area contributed by atoms with Crippen LogP contribution in [0.25, 0.3) is 0 Å². The molecular formula is C13H18N2O3. The molecule has 2 rings (SSSR count). The van der Waals surface area contributed by atoms with E-state index < -0.39 is 0 Å². The minimum Gasteiger partial charge on any atom is -0.494 e. The van der Waals surface area contributed by atoms with E-state index in [1.54, 1.807) is 23.1 Å². The topological polar surface area (TPSA) is 64.8 Å². The Kier molecular flexibility index (Phi) is 4.04. The van der Waals surface area contributed by atoms with E-state index in [0.29, 0.717) is 43.3 Å². The van der Waals surface area contributed by atoms with Crippen LogP contribution in [-0.2, 0) is 4.74 Å². The van der Waals surface area contributed by atoms with Crippen molar-refractivity contribution in [3.8, 4) is 5.75 Å². The lowest BCUT2D eigenvalue weighted by Gasteiger charge is -2.21. The minimum atomic E-state index is -0.0512. The first-order chi connectivity index (χ1) is 8.74. The molecule has 1 heterocycles. The Morgan fingerprint density at radius 3 is 3.00 bits per heavy atom. The average molecular weight is 250 g/mol. The lowest BCUT2D eigenvalue weighted by Crippen LogP contribution is -2.33. The third-order valence-electron chi connectivity index (χ3n) is 2.99. The molecule has 0 saturated carbocycles. The fraction of sp³-hybridized carbons (Fsp3) is 0.462. The molecule has 5 nitrogen and oxygen atoms in total. The lowest BCUT2D eigenvalue weighted by molar-refractivity contribution is 0.0738. The molecule has 0 aromatic heterocycles. The summed E-state index contributed by atoms with van der Waals surface area (Å²) in [7, 11) is 1.52. The van der Waals surface area contributed by atoms with Crippen LogP contribution in [0.1, 0.15) is 16.8 Å². The number of carbonyl (C=O) groups is 1. The fourth-order valence-corrected chi connectivity index (χ4v) is 2.07. The van der Waals surface area contributed by atoms with Gasteiger partial charge < -0.3 is 20.1 Å². The first-order valence-corrected chi connectivity index (χ1v) is 6.03. The number of amides is 1. The number of methoxy groups -OCH3 is 1. The predicted molar refractivity (Wildman–Crippen MR) is 68.7 cm³/mol. The van der Waals surface area contributed by atoms with Crippen LogP contribution >= 0.6 is 0 Å². The van der Waals surface area contributed by atoms with Crippen molar-refractivity contribution in [3.63, 3.8) is 0 Å². The Morgan fingerprint density at radius 2 is 2.22 bits per heavy atom. The van der Waals surface area contributed by atoms with Crippen molar-refractivity contribution >= 4 is 11.6 Å². The second-order valence-electron chi connectivity index (χ2n) is 4.19. The summed E-state index contributed by atoms with van der Waals surface area (Å²) < 4.78 is 10.6. The van der Waals surface area contributed by atoms with Crippen LogP contribution in [0.5, 0.6) is 5.75 Å². The number of anilines is 1. The largest absolute Gasteiger partial charge is 0.494 e. The summed E-state index contributed by atoms with van der Waals surface area (Å²) in [5, 5.41) is 0. The Balaban J connectivity index is 2.24. The van der Waals surface area contributed by atoms with Gasteiger partial charge in [-0.05, 0) is 18.6 Å². The van der Waals surface area contributed by atoms with Gasteiger partial charge in [0.15, 0.2) is 5.75 Å². The van der Waals surface area contributed by atoms with Gasteiger partial charge in [0.2, 0.25) is 0 Å². The molecule has 18 heavy (non-hydrogen) atoms. The van der Waals surface area contributed by atoms with E-state index in [0.717, 1.165) is 6.42 Å². The molecule has 2 N–H and O–H groups in total. The van der Waals surface area contributed by atoms with E-state index in [1.165, 1.54) is 7.11 Å². The summed E-state index contributed by atoms with van der Waals surface area (Å²) >= 11 is 0. The maximum atomic E-state index is 12.4. The highest BCUT2D eigenvalue weighted by atomic mass is 16.5. The summed E-state index contributed by atoms with van der Waals surface area (Å²) in [6.07, 6.45) is 0.858. The van der Waals surface area contributed by atoms with E-state index in [4.69, 9.17) is 15.2 Å². The molecular weight excluding hydrogens is 232 g/mol. The molecule has 1 aliphatic heterocycles. The zero-order valence-electron chi connectivity index (χ0n) is 10.5. The first-order valence-electron chi connectivity index (χ1n) is 6.03. The van der Waals surface area contributed by atoms with Crippen LogP contribution in [0.4, 0.5) is 5.69 Å². The van der Waals surface area contributed by atoms with Crippen LogP contribution < -0.4 is 10.5 Å². The average Bonchev–Trinajstić information content (AvgIpc) is 2.66. The van der Waals surface area contributed by atoms with Crippen LogP contribution in [-0.4, -0.2) is 44.2 Å². The van der Waals surface area contributed by atoms with Crippen molar-refractivity contribution in [1.82, 2.24) is 4.90 Å². The monoisotopic (exact) mass is 250 g/mol. The summed E-state index contributed by atoms with van der Waals surface area (Å²) in [6.45, 7) is 2.60. The predicted octanol–water partition coefficient (Wildman–Crippen LogP) is 1.14. The number of benzene rings is 1. The van der Waals surface area contributed by atoms with E-state index in [1.807, 2.05) is 0 Å². The molecule has 98 valence electrons. The van der Waals surface area contributed by atoms with Crippen molar-refractivity contribution < 1.29 is 14.3 Å². The molecule has 0 atom stereocenters. The number of rotatable bonds is 2. The van der Waals surface area contributed by atoms with Crippen molar-refractivity contribution in [2.45, 2.75) is 6.42 Å². The Bertz CT molecular complexity index is 426. The zero-order chi connectivity index (χ0) is 13.0. The first kappa shape index (κ1) is 12.7. The van der Waals surface area contributed by atoms with Crippen molar-refractivity contribution in [1.29, 1.82) is 0 Å². The van der Waals surface area contributed by atoms with Gasteiger partial charge in [-0.3, -0.25) is 4.79 Å². The van der Waals surface area contributed by atoms with Gasteiger partial charge in [-0.15, -0.1) is 0 Å². The molecule has 1 fully saturated rings. The number of hydrogen-bond acceptors (Lipinski definition) is 4. The zero-order valence-corrected chi connectivity index (χ0v) is 10.5. The van der Waals surface area contributed by atoms with Crippen LogP contribution in [0.3, 0.4) is 0 Å². The highest BCUT2D eigenvalue weighted by Crippen LogP contribution is 2.27. The number of para-hydroxylation sites is 1. The maximum absolute atomic E-state index is 12.4. The summed E-state index contributed by atoms with van der Waals surface area (Å²) in [6, 6.07) is 5.23. The molecule has 0 aliphatic carbocycles. The quantitative estimate of drug-likeness (QED) is 0.799.